The minimum absolute atomic E-state index is 0.298. The summed E-state index contributed by atoms with van der Waals surface area (Å²) in [6.45, 7) is 8.75. The summed E-state index contributed by atoms with van der Waals surface area (Å²) in [4.78, 5) is 4.27. The number of aliphatic imine (C=N–C) groups is 1. The van der Waals surface area contributed by atoms with Crippen LogP contribution in [0.4, 0.5) is 0 Å². The lowest BCUT2D eigenvalue weighted by Crippen LogP contribution is -2.32. The average Bonchev–Trinajstić information content (AvgIpc) is 2.37. The summed E-state index contributed by atoms with van der Waals surface area (Å²) in [7, 11) is 0. The monoisotopic (exact) mass is 271 g/mol. The molecule has 0 aromatic rings. The zero-order valence-corrected chi connectivity index (χ0v) is 13.1. The molecule has 0 bridgehead atoms. The molecular weight excluding hydrogens is 238 g/mol. The Morgan fingerprint density at radius 2 is 1.79 bits per heavy atom. The van der Waals surface area contributed by atoms with Crippen molar-refractivity contribution in [3.63, 3.8) is 0 Å². The van der Waals surface area contributed by atoms with Crippen molar-refractivity contribution in [3.05, 3.63) is 0 Å². The Kier molecular flexibility index (Phi) is 13.1. The summed E-state index contributed by atoms with van der Waals surface area (Å²) < 4.78 is 5.44. The van der Waals surface area contributed by atoms with Gasteiger partial charge in [0.2, 0.25) is 0 Å². The van der Waals surface area contributed by atoms with Crippen LogP contribution in [-0.4, -0.2) is 31.8 Å². The number of hydrogen-bond acceptors (Lipinski definition) is 2. The van der Waals surface area contributed by atoms with Crippen LogP contribution in [0.15, 0.2) is 4.99 Å². The van der Waals surface area contributed by atoms with Crippen molar-refractivity contribution in [1.29, 1.82) is 0 Å². The normalized spacial score (nSPS) is 12.1. The van der Waals surface area contributed by atoms with Crippen LogP contribution in [-0.2, 0) is 4.74 Å². The highest BCUT2D eigenvalue weighted by Crippen LogP contribution is 2.03. The number of nitrogens with one attached hydrogen (secondary N) is 1. The number of rotatable bonds is 12. The van der Waals surface area contributed by atoms with Gasteiger partial charge in [-0.3, -0.25) is 4.99 Å². The van der Waals surface area contributed by atoms with E-state index in [4.69, 9.17) is 10.5 Å². The van der Waals surface area contributed by atoms with Gasteiger partial charge in [0.25, 0.3) is 0 Å². The number of guanidine groups is 1. The smallest absolute Gasteiger partial charge is 0.188 e. The van der Waals surface area contributed by atoms with E-state index in [1.807, 2.05) is 13.8 Å². The Balaban J connectivity index is 3.30. The van der Waals surface area contributed by atoms with Crippen molar-refractivity contribution < 1.29 is 4.74 Å². The van der Waals surface area contributed by atoms with E-state index in [1.165, 1.54) is 38.5 Å². The minimum atomic E-state index is 0.298. The van der Waals surface area contributed by atoms with Gasteiger partial charge in [0, 0.05) is 19.7 Å². The zero-order valence-electron chi connectivity index (χ0n) is 13.1. The molecule has 0 radical (unpaired) electrons. The maximum absolute atomic E-state index is 5.78. The van der Waals surface area contributed by atoms with Gasteiger partial charge >= 0.3 is 0 Å². The quantitative estimate of drug-likeness (QED) is 0.326. The molecule has 0 amide bonds. The largest absolute Gasteiger partial charge is 0.379 e. The Hall–Kier alpha value is -0.770. The van der Waals surface area contributed by atoms with Crippen molar-refractivity contribution in [2.45, 2.75) is 71.8 Å². The first-order valence-corrected chi connectivity index (χ1v) is 7.82. The van der Waals surface area contributed by atoms with E-state index in [1.54, 1.807) is 0 Å². The lowest BCUT2D eigenvalue weighted by Gasteiger charge is -2.07. The molecule has 0 aliphatic rings. The van der Waals surface area contributed by atoms with Crippen LogP contribution in [0.25, 0.3) is 0 Å². The van der Waals surface area contributed by atoms with Crippen LogP contribution < -0.4 is 11.1 Å². The summed E-state index contributed by atoms with van der Waals surface area (Å²) >= 11 is 0. The number of ether oxygens (including phenoxy) is 1. The highest BCUT2D eigenvalue weighted by Gasteiger charge is 1.94. The molecule has 19 heavy (non-hydrogen) atoms. The van der Waals surface area contributed by atoms with Gasteiger partial charge in [0.05, 0.1) is 6.10 Å². The predicted molar refractivity (Wildman–Crippen MR) is 83.6 cm³/mol. The average molecular weight is 271 g/mol. The van der Waals surface area contributed by atoms with Gasteiger partial charge in [0.1, 0.15) is 0 Å². The molecule has 0 aromatic carbocycles. The molecule has 0 rings (SSSR count). The van der Waals surface area contributed by atoms with E-state index < -0.39 is 0 Å². The third-order valence-corrected chi connectivity index (χ3v) is 2.87. The van der Waals surface area contributed by atoms with Crippen LogP contribution >= 0.6 is 0 Å². The van der Waals surface area contributed by atoms with E-state index in [0.717, 1.165) is 26.1 Å². The van der Waals surface area contributed by atoms with Crippen molar-refractivity contribution >= 4 is 5.96 Å². The molecule has 114 valence electrons. The Labute approximate surface area is 119 Å². The van der Waals surface area contributed by atoms with Gasteiger partial charge < -0.3 is 15.8 Å². The molecule has 0 unspecified atom stereocenters. The van der Waals surface area contributed by atoms with Crippen LogP contribution in [0.1, 0.15) is 65.7 Å². The molecule has 0 aliphatic heterocycles. The molecule has 0 atom stereocenters. The first-order chi connectivity index (χ1) is 9.16. The van der Waals surface area contributed by atoms with E-state index in [-0.39, 0.29) is 0 Å². The molecule has 4 nitrogen and oxygen atoms in total. The summed E-state index contributed by atoms with van der Waals surface area (Å²) in [5, 5.41) is 3.16. The molecule has 0 heterocycles. The van der Waals surface area contributed by atoms with Crippen LogP contribution in [0.3, 0.4) is 0 Å². The van der Waals surface area contributed by atoms with Crippen LogP contribution in [0.5, 0.6) is 0 Å². The second-order valence-electron chi connectivity index (χ2n) is 5.23. The van der Waals surface area contributed by atoms with Gasteiger partial charge in [-0.1, -0.05) is 39.0 Å². The van der Waals surface area contributed by atoms with Gasteiger partial charge in [-0.25, -0.2) is 0 Å². The second-order valence-corrected chi connectivity index (χ2v) is 5.23. The Morgan fingerprint density at radius 3 is 2.47 bits per heavy atom. The van der Waals surface area contributed by atoms with E-state index in [9.17, 15) is 0 Å². The minimum Gasteiger partial charge on any atom is -0.379 e. The lowest BCUT2D eigenvalue weighted by atomic mass is 10.1. The van der Waals surface area contributed by atoms with Gasteiger partial charge in [-0.15, -0.1) is 0 Å². The van der Waals surface area contributed by atoms with Crippen molar-refractivity contribution in [2.24, 2.45) is 10.7 Å². The third-order valence-electron chi connectivity index (χ3n) is 2.87. The molecular formula is C15H33N3O. The number of nitrogens with zero attached hydrogens (tertiary/aromatic N) is 1. The fourth-order valence-corrected chi connectivity index (χ4v) is 1.76. The highest BCUT2D eigenvalue weighted by molar-refractivity contribution is 5.77. The van der Waals surface area contributed by atoms with E-state index >= 15 is 0 Å². The molecule has 0 saturated carbocycles. The maximum atomic E-state index is 5.78. The number of nitrogens with two attached hydrogens (primary N) is 1. The van der Waals surface area contributed by atoms with Gasteiger partial charge in [0.15, 0.2) is 5.96 Å². The summed E-state index contributed by atoms with van der Waals surface area (Å²) in [5.41, 5.74) is 5.78. The zero-order chi connectivity index (χ0) is 14.3. The first-order valence-electron chi connectivity index (χ1n) is 7.82. The summed E-state index contributed by atoms with van der Waals surface area (Å²) in [5.74, 6) is 0.568. The Bertz CT molecular complexity index is 217. The standard InChI is InChI=1S/C15H33N3O/c1-4-5-6-7-8-9-11-17-15(16)18-12-10-13-19-14(2)3/h14H,4-13H2,1-3H3,(H3,16,17,18). The van der Waals surface area contributed by atoms with Gasteiger partial charge in [-0.05, 0) is 26.7 Å². The first kappa shape index (κ1) is 18.2. The highest BCUT2D eigenvalue weighted by atomic mass is 16.5. The summed E-state index contributed by atoms with van der Waals surface area (Å²) in [6.07, 6.45) is 9.03. The molecule has 0 aromatic heterocycles. The lowest BCUT2D eigenvalue weighted by molar-refractivity contribution is 0.0783. The summed E-state index contributed by atoms with van der Waals surface area (Å²) in [6, 6.07) is 0. The van der Waals surface area contributed by atoms with Crippen molar-refractivity contribution in [2.75, 3.05) is 19.7 Å². The fraction of sp³-hybridized carbons (Fsp3) is 0.933. The van der Waals surface area contributed by atoms with Crippen LogP contribution in [0.2, 0.25) is 0 Å². The molecule has 0 saturated heterocycles. The van der Waals surface area contributed by atoms with Crippen molar-refractivity contribution in [3.8, 4) is 0 Å². The maximum Gasteiger partial charge on any atom is 0.188 e. The van der Waals surface area contributed by atoms with Crippen molar-refractivity contribution in [1.82, 2.24) is 5.32 Å². The van der Waals surface area contributed by atoms with Gasteiger partial charge in [-0.2, -0.15) is 0 Å². The molecule has 0 fully saturated rings. The van der Waals surface area contributed by atoms with E-state index in [2.05, 4.69) is 17.2 Å². The molecule has 4 heteroatoms. The van der Waals surface area contributed by atoms with E-state index in [0.29, 0.717) is 12.1 Å². The number of unbranched alkanes of at least 4 members (excludes halogenated alkanes) is 5. The van der Waals surface area contributed by atoms with Crippen LogP contribution in [0, 0.1) is 0 Å². The fourth-order valence-electron chi connectivity index (χ4n) is 1.76. The topological polar surface area (TPSA) is 59.6 Å². The Morgan fingerprint density at radius 1 is 1.11 bits per heavy atom. The SMILES string of the molecule is CCCCCCCCNC(N)=NCCCOC(C)C. The predicted octanol–water partition coefficient (Wildman–Crippen LogP) is 3.07. The molecule has 0 spiro atoms. The third kappa shape index (κ3) is 15.2. The molecule has 0 aliphatic carbocycles. The second kappa shape index (κ2) is 13.7. The number of hydrogen-bond donors (Lipinski definition) is 2. The molecule has 3 N–H and O–H groups in total.